The fourth-order valence-corrected chi connectivity index (χ4v) is 3.64. The van der Waals surface area contributed by atoms with Gasteiger partial charge in [-0.1, -0.05) is 0 Å². The quantitative estimate of drug-likeness (QED) is 0.315. The van der Waals surface area contributed by atoms with Crippen molar-refractivity contribution in [2.75, 3.05) is 0 Å². The first-order valence-corrected chi connectivity index (χ1v) is 7.42. The molecule has 0 saturated heterocycles. The summed E-state index contributed by atoms with van der Waals surface area (Å²) >= 11 is 8.19. The van der Waals surface area contributed by atoms with Crippen LogP contribution in [0, 0.1) is 7.14 Å². The lowest BCUT2D eigenvalue weighted by molar-refractivity contribution is 0.483. The second-order valence-electron chi connectivity index (χ2n) is 2.39. The number of hydrogen-bond acceptors (Lipinski definition) is 4. The summed E-state index contributed by atoms with van der Waals surface area (Å²) in [4.78, 5) is 3.36. The van der Waals surface area contributed by atoms with E-state index in [1.165, 1.54) is 6.07 Å². The highest BCUT2D eigenvalue weighted by Gasteiger charge is 2.21. The molecule has 0 aliphatic carbocycles. The highest BCUT2D eigenvalue weighted by molar-refractivity contribution is 14.1. The number of rotatable bonds is 2. The summed E-state index contributed by atoms with van der Waals surface area (Å²) in [7, 11) is -4.30. The number of nitrogens with zero attached hydrogens (tertiary/aromatic N) is 1. The molecule has 0 amide bonds. The van der Waals surface area contributed by atoms with E-state index >= 15 is 0 Å². The maximum absolute atomic E-state index is 11.1. The predicted molar refractivity (Wildman–Crippen MR) is 76.4 cm³/mol. The highest BCUT2D eigenvalue weighted by Crippen LogP contribution is 2.31. The van der Waals surface area contributed by atoms with E-state index in [-0.39, 0.29) is 10.6 Å². The van der Waals surface area contributed by atoms with Crippen LogP contribution in [0.3, 0.4) is 0 Å². The van der Waals surface area contributed by atoms with Gasteiger partial charge < -0.3 is 0 Å². The van der Waals surface area contributed by atoms with E-state index in [1.54, 1.807) is 6.07 Å². The van der Waals surface area contributed by atoms with E-state index in [0.717, 1.165) is 0 Å². The van der Waals surface area contributed by atoms with Crippen LogP contribution >= 0.6 is 57.4 Å². The first-order valence-electron chi connectivity index (χ1n) is 3.41. The minimum Gasteiger partial charge on any atom is -0.282 e. The van der Waals surface area contributed by atoms with Crippen LogP contribution in [0.1, 0.15) is 0 Å². The Hall–Kier alpha value is 0.390. The number of hydrogen-bond donors (Lipinski definition) is 1. The van der Waals surface area contributed by atoms with Gasteiger partial charge in [-0.3, -0.25) is 4.55 Å². The van der Waals surface area contributed by atoms with Crippen LogP contribution in [0.25, 0.3) is 0 Å². The average Bonchev–Trinajstić information content (AvgIpc) is 2.10. The summed E-state index contributed by atoms with van der Waals surface area (Å²) in [6.07, 6.45) is 0. The van der Waals surface area contributed by atoms with Gasteiger partial charge in [0.1, 0.15) is 4.90 Å². The number of isothiocyanates is 1. The lowest BCUT2D eigenvalue weighted by Crippen LogP contribution is -2.02. The van der Waals surface area contributed by atoms with Crippen molar-refractivity contribution in [1.82, 2.24) is 0 Å². The second kappa shape index (κ2) is 5.15. The molecule has 4 nitrogen and oxygen atoms in total. The van der Waals surface area contributed by atoms with Gasteiger partial charge in [0.05, 0.1) is 10.8 Å². The van der Waals surface area contributed by atoms with Gasteiger partial charge in [0.2, 0.25) is 0 Å². The van der Waals surface area contributed by atoms with Crippen LogP contribution in [0.2, 0.25) is 0 Å². The van der Waals surface area contributed by atoms with Gasteiger partial charge in [0.25, 0.3) is 10.1 Å². The molecule has 0 saturated carbocycles. The molecule has 0 radical (unpaired) electrons. The van der Waals surface area contributed by atoms with Crippen LogP contribution < -0.4 is 0 Å². The summed E-state index contributed by atoms with van der Waals surface area (Å²) < 4.78 is 32.4. The average molecular weight is 467 g/mol. The molecule has 0 aliphatic heterocycles. The third kappa shape index (κ3) is 3.17. The van der Waals surface area contributed by atoms with Gasteiger partial charge in [-0.25, -0.2) is 0 Å². The Labute approximate surface area is 119 Å². The van der Waals surface area contributed by atoms with Crippen molar-refractivity contribution < 1.29 is 13.0 Å². The van der Waals surface area contributed by atoms with Gasteiger partial charge in [-0.15, -0.1) is 0 Å². The minimum absolute atomic E-state index is 0.0947. The second-order valence-corrected chi connectivity index (χ2v) is 6.17. The monoisotopic (exact) mass is 467 g/mol. The Morgan fingerprint density at radius 2 is 2.00 bits per heavy atom. The van der Waals surface area contributed by atoms with Crippen molar-refractivity contribution in [3.05, 3.63) is 19.3 Å². The van der Waals surface area contributed by atoms with Crippen LogP contribution in [0.5, 0.6) is 0 Å². The van der Waals surface area contributed by atoms with Crippen molar-refractivity contribution in [3.8, 4) is 0 Å². The SMILES string of the molecule is O=S(=O)(O)c1c(N=C=S)ccc(I)c1I. The van der Waals surface area contributed by atoms with Gasteiger partial charge in [0, 0.05) is 7.14 Å². The largest absolute Gasteiger partial charge is 0.297 e. The van der Waals surface area contributed by atoms with E-state index in [4.69, 9.17) is 4.55 Å². The molecule has 15 heavy (non-hydrogen) atoms. The molecule has 1 aromatic carbocycles. The first-order chi connectivity index (χ1) is 6.88. The van der Waals surface area contributed by atoms with E-state index in [1.807, 2.05) is 45.2 Å². The van der Waals surface area contributed by atoms with Crippen LogP contribution in [0.15, 0.2) is 22.0 Å². The molecule has 0 atom stereocenters. The minimum atomic E-state index is -4.30. The Bertz CT molecular complexity index is 550. The number of halogens is 2. The Morgan fingerprint density at radius 1 is 1.40 bits per heavy atom. The highest BCUT2D eigenvalue weighted by atomic mass is 127. The lowest BCUT2D eigenvalue weighted by atomic mass is 10.3. The van der Waals surface area contributed by atoms with Gasteiger partial charge in [-0.05, 0) is 69.5 Å². The van der Waals surface area contributed by atoms with Gasteiger partial charge >= 0.3 is 0 Å². The molecule has 0 unspecified atom stereocenters. The van der Waals surface area contributed by atoms with E-state index in [2.05, 4.69) is 22.4 Å². The first kappa shape index (κ1) is 13.5. The van der Waals surface area contributed by atoms with Crippen LogP contribution in [0.4, 0.5) is 5.69 Å². The Morgan fingerprint density at radius 3 is 2.47 bits per heavy atom. The molecule has 1 aromatic rings. The van der Waals surface area contributed by atoms with E-state index in [9.17, 15) is 8.42 Å². The maximum atomic E-state index is 11.1. The third-order valence-electron chi connectivity index (χ3n) is 1.45. The molecule has 1 rings (SSSR count). The molecule has 0 heterocycles. The molecule has 0 bridgehead atoms. The van der Waals surface area contributed by atoms with Crippen molar-refractivity contribution in [1.29, 1.82) is 0 Å². The zero-order valence-electron chi connectivity index (χ0n) is 6.94. The predicted octanol–water partition coefficient (Wildman–Crippen LogP) is 2.88. The molecule has 0 aliphatic rings. The third-order valence-corrected chi connectivity index (χ3v) is 5.89. The van der Waals surface area contributed by atoms with Gasteiger partial charge in [-0.2, -0.15) is 13.4 Å². The van der Waals surface area contributed by atoms with Crippen molar-refractivity contribution in [2.24, 2.45) is 4.99 Å². The van der Waals surface area contributed by atoms with E-state index in [0.29, 0.717) is 7.14 Å². The number of aliphatic imine (C=N–C) groups is 1. The summed E-state index contributed by atoms with van der Waals surface area (Å²) in [5.41, 5.74) is 0.0947. The van der Waals surface area contributed by atoms with Gasteiger partial charge in [0.15, 0.2) is 0 Å². The molecular formula is C7H3I2NO3S2. The standard InChI is InChI=1S/C7H3I2NO3S2/c8-4-1-2-5(10-3-14)7(6(4)9)15(11,12)13/h1-2H,(H,11,12,13). The van der Waals surface area contributed by atoms with Crippen molar-refractivity contribution in [3.63, 3.8) is 0 Å². The summed E-state index contributed by atoms with van der Waals surface area (Å²) in [6.45, 7) is 0. The molecular weight excluding hydrogens is 464 g/mol. The molecule has 0 fully saturated rings. The molecule has 0 spiro atoms. The van der Waals surface area contributed by atoms with Crippen LogP contribution in [-0.2, 0) is 10.1 Å². The van der Waals surface area contributed by atoms with Crippen LogP contribution in [-0.4, -0.2) is 18.1 Å². The van der Waals surface area contributed by atoms with Crippen molar-refractivity contribution >= 4 is 78.4 Å². The summed E-state index contributed by atoms with van der Waals surface area (Å²) in [6, 6.07) is 3.15. The van der Waals surface area contributed by atoms with Crippen molar-refractivity contribution in [2.45, 2.75) is 4.90 Å². The molecule has 8 heteroatoms. The molecule has 1 N–H and O–H groups in total. The Kier molecular flexibility index (Phi) is 4.62. The smallest absolute Gasteiger partial charge is 0.282 e. The molecule has 0 aromatic heterocycles. The van der Waals surface area contributed by atoms with E-state index < -0.39 is 10.1 Å². The normalized spacial score (nSPS) is 10.9. The topological polar surface area (TPSA) is 66.7 Å². The molecule has 80 valence electrons. The fraction of sp³-hybridized carbons (Fsp3) is 0. The Balaban J connectivity index is 3.71. The number of benzene rings is 1. The zero-order chi connectivity index (χ0) is 11.6. The maximum Gasteiger partial charge on any atom is 0.297 e. The zero-order valence-corrected chi connectivity index (χ0v) is 12.9. The summed E-state index contributed by atoms with van der Waals surface area (Å²) in [5.74, 6) is 0. The summed E-state index contributed by atoms with van der Waals surface area (Å²) in [5, 5.41) is 2.07. The fourth-order valence-electron chi connectivity index (χ4n) is 0.904. The number of thiocarbonyl (C=S) groups is 1. The lowest BCUT2D eigenvalue weighted by Gasteiger charge is -2.05.